The van der Waals surface area contributed by atoms with Gasteiger partial charge in [0, 0.05) is 17.9 Å². The van der Waals surface area contributed by atoms with Crippen molar-refractivity contribution >= 4 is 17.7 Å². The maximum Gasteiger partial charge on any atom is 0.220 e. The third-order valence-corrected chi connectivity index (χ3v) is 6.39. The van der Waals surface area contributed by atoms with Gasteiger partial charge in [0.2, 0.25) is 5.91 Å². The van der Waals surface area contributed by atoms with E-state index in [0.29, 0.717) is 13.0 Å². The molecule has 0 unspecified atom stereocenters. The van der Waals surface area contributed by atoms with E-state index in [2.05, 4.69) is 89.4 Å². The van der Waals surface area contributed by atoms with Crippen molar-refractivity contribution in [1.82, 2.24) is 20.1 Å². The number of hydrogen-bond acceptors (Lipinski definition) is 4. The van der Waals surface area contributed by atoms with E-state index in [4.69, 9.17) is 0 Å². The molecule has 0 aliphatic carbocycles. The number of aromatic nitrogens is 3. The second-order valence-corrected chi connectivity index (χ2v) is 9.23. The number of carbonyl (C=O) groups excluding carboxylic acids is 1. The molecule has 0 saturated carbocycles. The zero-order valence-corrected chi connectivity index (χ0v) is 20.3. The largest absolute Gasteiger partial charge is 0.349 e. The number of carbonyl (C=O) groups is 1. The lowest BCUT2D eigenvalue weighted by molar-refractivity contribution is -0.121. The number of rotatable bonds is 12. The van der Waals surface area contributed by atoms with Gasteiger partial charge in [0.05, 0.1) is 6.54 Å². The predicted molar refractivity (Wildman–Crippen MR) is 132 cm³/mol. The van der Waals surface area contributed by atoms with E-state index in [9.17, 15) is 4.79 Å². The van der Waals surface area contributed by atoms with Gasteiger partial charge in [-0.3, -0.25) is 9.36 Å². The molecule has 32 heavy (non-hydrogen) atoms. The van der Waals surface area contributed by atoms with E-state index in [1.54, 1.807) is 11.8 Å². The molecule has 0 fully saturated rings. The second-order valence-electron chi connectivity index (χ2n) is 8.29. The Morgan fingerprint density at radius 1 is 0.969 bits per heavy atom. The number of unbranched alkanes of at least 4 members (excludes halogenated alkanes) is 4. The summed E-state index contributed by atoms with van der Waals surface area (Å²) in [4.78, 5) is 12.3. The summed E-state index contributed by atoms with van der Waals surface area (Å²) >= 11 is 1.66. The molecular weight excluding hydrogens is 416 g/mol. The first-order valence-electron chi connectivity index (χ1n) is 11.5. The Hall–Kier alpha value is -2.60. The van der Waals surface area contributed by atoms with Crippen LogP contribution in [-0.2, 0) is 17.1 Å². The van der Waals surface area contributed by atoms with E-state index in [1.807, 2.05) is 0 Å². The summed E-state index contributed by atoms with van der Waals surface area (Å²) in [6.07, 6.45) is 6.27. The number of benzene rings is 2. The number of thioether (sulfide) groups is 1. The van der Waals surface area contributed by atoms with Crippen LogP contribution < -0.4 is 5.32 Å². The smallest absolute Gasteiger partial charge is 0.220 e. The minimum absolute atomic E-state index is 0.0777. The maximum atomic E-state index is 12.3. The third-order valence-electron chi connectivity index (χ3n) is 5.39. The Labute approximate surface area is 196 Å². The van der Waals surface area contributed by atoms with Crippen molar-refractivity contribution in [2.45, 2.75) is 76.8 Å². The van der Waals surface area contributed by atoms with Crippen molar-refractivity contribution in [3.63, 3.8) is 0 Å². The van der Waals surface area contributed by atoms with Gasteiger partial charge in [-0.1, -0.05) is 91.9 Å². The standard InChI is InChI=1S/C26H34N4OS/c1-4-5-6-7-8-12-25(31)27-18-24-28-29-26(30(24)23-15-13-20(2)14-16-23)32-19-22-11-9-10-21(3)17-22/h9-11,13-17H,4-8,12,18-19H2,1-3H3,(H,27,31). The molecule has 0 radical (unpaired) electrons. The first kappa shape index (κ1) is 24.1. The summed E-state index contributed by atoms with van der Waals surface area (Å²) in [6.45, 7) is 6.75. The number of aryl methyl sites for hydroxylation is 2. The predicted octanol–water partition coefficient (Wildman–Crippen LogP) is 6.15. The van der Waals surface area contributed by atoms with Gasteiger partial charge < -0.3 is 5.32 Å². The molecule has 0 saturated heterocycles. The monoisotopic (exact) mass is 450 g/mol. The summed E-state index contributed by atoms with van der Waals surface area (Å²) in [5.74, 6) is 1.64. The van der Waals surface area contributed by atoms with Gasteiger partial charge in [-0.2, -0.15) is 0 Å². The number of amides is 1. The lowest BCUT2D eigenvalue weighted by Gasteiger charge is -2.11. The normalized spacial score (nSPS) is 11.0. The molecule has 0 aliphatic heterocycles. The minimum Gasteiger partial charge on any atom is -0.349 e. The molecule has 0 bridgehead atoms. The van der Waals surface area contributed by atoms with Crippen LogP contribution in [0.1, 0.15) is 68.0 Å². The quantitative estimate of drug-likeness (QED) is 0.265. The van der Waals surface area contributed by atoms with Crippen molar-refractivity contribution in [2.75, 3.05) is 0 Å². The lowest BCUT2D eigenvalue weighted by atomic mass is 10.1. The molecule has 3 rings (SSSR count). The van der Waals surface area contributed by atoms with E-state index >= 15 is 0 Å². The highest BCUT2D eigenvalue weighted by Gasteiger charge is 2.15. The van der Waals surface area contributed by atoms with Crippen LogP contribution in [0.25, 0.3) is 5.69 Å². The average Bonchev–Trinajstić information content (AvgIpc) is 3.19. The number of nitrogens with one attached hydrogen (secondary N) is 1. The van der Waals surface area contributed by atoms with Crippen molar-refractivity contribution in [1.29, 1.82) is 0 Å². The van der Waals surface area contributed by atoms with Crippen LogP contribution >= 0.6 is 11.8 Å². The van der Waals surface area contributed by atoms with Gasteiger partial charge >= 0.3 is 0 Å². The lowest BCUT2D eigenvalue weighted by Crippen LogP contribution is -2.24. The summed E-state index contributed by atoms with van der Waals surface area (Å²) in [5, 5.41) is 12.7. The van der Waals surface area contributed by atoms with Crippen LogP contribution in [0.15, 0.2) is 53.7 Å². The Morgan fingerprint density at radius 3 is 2.50 bits per heavy atom. The Kier molecular flexibility index (Phi) is 9.35. The molecular formula is C26H34N4OS. The van der Waals surface area contributed by atoms with Gasteiger partial charge in [0.15, 0.2) is 11.0 Å². The topological polar surface area (TPSA) is 59.8 Å². The minimum atomic E-state index is 0.0777. The van der Waals surface area contributed by atoms with Crippen LogP contribution in [0.2, 0.25) is 0 Å². The van der Waals surface area contributed by atoms with Crippen LogP contribution in [0.5, 0.6) is 0 Å². The Balaban J connectivity index is 1.68. The van der Waals surface area contributed by atoms with Gasteiger partial charge in [-0.15, -0.1) is 10.2 Å². The summed E-state index contributed by atoms with van der Waals surface area (Å²) in [6, 6.07) is 16.8. The molecule has 1 heterocycles. The van der Waals surface area contributed by atoms with Crippen LogP contribution in [-0.4, -0.2) is 20.7 Å². The van der Waals surface area contributed by atoms with E-state index in [-0.39, 0.29) is 5.91 Å². The summed E-state index contributed by atoms with van der Waals surface area (Å²) < 4.78 is 2.06. The van der Waals surface area contributed by atoms with Crippen LogP contribution in [0.4, 0.5) is 0 Å². The molecule has 6 heteroatoms. The van der Waals surface area contributed by atoms with E-state index in [1.165, 1.54) is 36.0 Å². The van der Waals surface area contributed by atoms with Gasteiger partial charge in [-0.25, -0.2) is 0 Å². The second kappa shape index (κ2) is 12.4. The van der Waals surface area contributed by atoms with Gasteiger partial charge in [0.25, 0.3) is 0 Å². The highest BCUT2D eigenvalue weighted by atomic mass is 32.2. The first-order valence-corrected chi connectivity index (χ1v) is 12.5. The third kappa shape index (κ3) is 7.23. The Morgan fingerprint density at radius 2 is 1.75 bits per heavy atom. The average molecular weight is 451 g/mol. The molecule has 1 aromatic heterocycles. The van der Waals surface area contributed by atoms with Crippen molar-refractivity contribution in [3.05, 3.63) is 71.0 Å². The fraction of sp³-hybridized carbons (Fsp3) is 0.423. The SMILES string of the molecule is CCCCCCCC(=O)NCc1nnc(SCc2cccc(C)c2)n1-c1ccc(C)cc1. The molecule has 2 aromatic carbocycles. The van der Waals surface area contributed by atoms with Crippen molar-refractivity contribution < 1.29 is 4.79 Å². The molecule has 3 aromatic rings. The Bertz CT molecular complexity index is 997. The zero-order valence-electron chi connectivity index (χ0n) is 19.4. The molecule has 1 amide bonds. The highest BCUT2D eigenvalue weighted by Crippen LogP contribution is 2.26. The first-order chi connectivity index (χ1) is 15.6. The number of nitrogens with zero attached hydrogens (tertiary/aromatic N) is 3. The number of hydrogen-bond donors (Lipinski definition) is 1. The van der Waals surface area contributed by atoms with Crippen molar-refractivity contribution in [3.8, 4) is 5.69 Å². The molecule has 0 aliphatic rings. The highest BCUT2D eigenvalue weighted by molar-refractivity contribution is 7.98. The maximum absolute atomic E-state index is 12.3. The zero-order chi connectivity index (χ0) is 22.8. The van der Waals surface area contributed by atoms with Crippen LogP contribution in [0, 0.1) is 13.8 Å². The molecule has 1 N–H and O–H groups in total. The van der Waals surface area contributed by atoms with E-state index < -0.39 is 0 Å². The fourth-order valence-electron chi connectivity index (χ4n) is 3.57. The summed E-state index contributed by atoms with van der Waals surface area (Å²) in [5.41, 5.74) is 4.72. The fourth-order valence-corrected chi connectivity index (χ4v) is 4.48. The molecule has 170 valence electrons. The van der Waals surface area contributed by atoms with E-state index in [0.717, 1.165) is 35.3 Å². The molecule has 0 spiro atoms. The molecule has 5 nitrogen and oxygen atoms in total. The van der Waals surface area contributed by atoms with Gasteiger partial charge in [0.1, 0.15) is 0 Å². The summed E-state index contributed by atoms with van der Waals surface area (Å²) in [7, 11) is 0. The molecule has 0 atom stereocenters. The van der Waals surface area contributed by atoms with Gasteiger partial charge in [-0.05, 0) is 38.0 Å². The van der Waals surface area contributed by atoms with Crippen molar-refractivity contribution in [2.24, 2.45) is 0 Å². The van der Waals surface area contributed by atoms with Crippen LogP contribution in [0.3, 0.4) is 0 Å².